The van der Waals surface area contributed by atoms with E-state index in [1.807, 2.05) is 24.4 Å². The molecule has 1 amide bonds. The number of halogens is 1. The molecule has 1 aromatic heterocycles. The Kier molecular flexibility index (Phi) is 6.18. The number of fused-ring (bicyclic) bond motifs is 1. The van der Waals surface area contributed by atoms with Crippen LogP contribution in [0.1, 0.15) is 58.9 Å². The first-order valence-electron chi connectivity index (χ1n) is 10.9. The van der Waals surface area contributed by atoms with E-state index in [1.54, 1.807) is 19.0 Å². The molecule has 1 aliphatic heterocycles. The van der Waals surface area contributed by atoms with E-state index < -0.39 is 0 Å². The first-order valence-corrected chi connectivity index (χ1v) is 11.7. The van der Waals surface area contributed by atoms with Crippen LogP contribution in [0.15, 0.2) is 46.6 Å². The number of benzene rings is 1. The number of aryl methyl sites for hydroxylation is 1. The topological polar surface area (TPSA) is 36.4 Å². The SMILES string of the molecule is Cc1cc(C(=O)N(C)C)ccc1C1=CCN(C(C)C2=Cc3c(Br)ccnc3C2C)CC1. The van der Waals surface area contributed by atoms with E-state index in [9.17, 15) is 4.79 Å². The minimum absolute atomic E-state index is 0.0494. The smallest absolute Gasteiger partial charge is 0.253 e. The van der Waals surface area contributed by atoms with Crippen molar-refractivity contribution in [1.29, 1.82) is 0 Å². The second-order valence-electron chi connectivity index (χ2n) is 8.84. The van der Waals surface area contributed by atoms with E-state index >= 15 is 0 Å². The number of hydrogen-bond donors (Lipinski definition) is 0. The number of aromatic nitrogens is 1. The number of hydrogen-bond acceptors (Lipinski definition) is 3. The maximum atomic E-state index is 12.2. The van der Waals surface area contributed by atoms with E-state index in [0.29, 0.717) is 12.0 Å². The predicted molar refractivity (Wildman–Crippen MR) is 131 cm³/mol. The van der Waals surface area contributed by atoms with Gasteiger partial charge in [-0.25, -0.2) is 0 Å². The molecule has 1 aromatic carbocycles. The lowest BCUT2D eigenvalue weighted by atomic mass is 9.91. The molecule has 2 heterocycles. The highest BCUT2D eigenvalue weighted by molar-refractivity contribution is 9.10. The lowest BCUT2D eigenvalue weighted by molar-refractivity contribution is 0.0827. The summed E-state index contributed by atoms with van der Waals surface area (Å²) >= 11 is 3.68. The first kappa shape index (κ1) is 22.0. The van der Waals surface area contributed by atoms with Crippen molar-refractivity contribution in [2.24, 2.45) is 0 Å². The first-order chi connectivity index (χ1) is 14.8. The second kappa shape index (κ2) is 8.71. The van der Waals surface area contributed by atoms with Crippen LogP contribution in [0.3, 0.4) is 0 Å². The molecule has 0 fully saturated rings. The maximum absolute atomic E-state index is 12.2. The largest absolute Gasteiger partial charge is 0.345 e. The van der Waals surface area contributed by atoms with Crippen molar-refractivity contribution in [3.63, 3.8) is 0 Å². The van der Waals surface area contributed by atoms with Gasteiger partial charge in [0, 0.05) is 60.9 Å². The standard InChI is InChI=1S/C26H30BrN3O/c1-16-14-20(26(31)29(4)5)6-7-21(16)19-9-12-30(13-10-19)18(3)22-15-23-24(27)8-11-28-25(23)17(22)2/h6-9,11,14-15,17-18H,10,12-13H2,1-5H3. The zero-order valence-corrected chi connectivity index (χ0v) is 20.5. The van der Waals surface area contributed by atoms with Gasteiger partial charge in [-0.2, -0.15) is 0 Å². The predicted octanol–water partition coefficient (Wildman–Crippen LogP) is 5.53. The number of rotatable bonds is 4. The highest BCUT2D eigenvalue weighted by Gasteiger charge is 2.31. The third-order valence-corrected chi connectivity index (χ3v) is 7.38. The minimum atomic E-state index is 0.0494. The number of amides is 1. The van der Waals surface area contributed by atoms with Gasteiger partial charge in [-0.1, -0.05) is 41.1 Å². The van der Waals surface area contributed by atoms with E-state index in [-0.39, 0.29) is 5.91 Å². The Morgan fingerprint density at radius 1 is 1.29 bits per heavy atom. The molecular weight excluding hydrogens is 450 g/mol. The number of pyridine rings is 1. The Balaban J connectivity index is 1.49. The van der Waals surface area contributed by atoms with Crippen molar-refractivity contribution in [3.8, 4) is 0 Å². The highest BCUT2D eigenvalue weighted by atomic mass is 79.9. The summed E-state index contributed by atoms with van der Waals surface area (Å²) in [5.41, 5.74) is 8.40. The van der Waals surface area contributed by atoms with Gasteiger partial charge in [0.1, 0.15) is 0 Å². The van der Waals surface area contributed by atoms with Crippen LogP contribution in [-0.4, -0.2) is 53.9 Å². The molecule has 0 bridgehead atoms. The van der Waals surface area contributed by atoms with Crippen molar-refractivity contribution < 1.29 is 4.79 Å². The molecule has 0 radical (unpaired) electrons. The third-order valence-electron chi connectivity index (χ3n) is 6.69. The van der Waals surface area contributed by atoms with Crippen LogP contribution in [0.5, 0.6) is 0 Å². The van der Waals surface area contributed by atoms with Gasteiger partial charge in [0.2, 0.25) is 0 Å². The average molecular weight is 480 g/mol. The third kappa shape index (κ3) is 4.13. The van der Waals surface area contributed by atoms with Crippen LogP contribution in [0.4, 0.5) is 0 Å². The minimum Gasteiger partial charge on any atom is -0.345 e. The fourth-order valence-corrected chi connectivity index (χ4v) is 5.23. The Labute approximate surface area is 193 Å². The number of nitrogens with zero attached hydrogens (tertiary/aromatic N) is 3. The molecule has 2 unspecified atom stereocenters. The van der Waals surface area contributed by atoms with Crippen molar-refractivity contribution in [2.75, 3.05) is 27.2 Å². The Morgan fingerprint density at radius 2 is 2.06 bits per heavy atom. The maximum Gasteiger partial charge on any atom is 0.253 e. The summed E-state index contributed by atoms with van der Waals surface area (Å²) in [6, 6.07) is 8.47. The summed E-state index contributed by atoms with van der Waals surface area (Å²) in [4.78, 5) is 21.1. The van der Waals surface area contributed by atoms with Crippen LogP contribution < -0.4 is 0 Å². The molecule has 0 saturated heterocycles. The molecule has 0 spiro atoms. The van der Waals surface area contributed by atoms with E-state index in [4.69, 9.17) is 0 Å². The normalized spacial score (nSPS) is 19.5. The summed E-state index contributed by atoms with van der Waals surface area (Å²) < 4.78 is 1.12. The molecule has 0 N–H and O–H groups in total. The van der Waals surface area contributed by atoms with Crippen LogP contribution in [-0.2, 0) is 0 Å². The van der Waals surface area contributed by atoms with Gasteiger partial charge in [0.15, 0.2) is 0 Å². The van der Waals surface area contributed by atoms with Crippen molar-refractivity contribution >= 4 is 33.5 Å². The van der Waals surface area contributed by atoms with Gasteiger partial charge < -0.3 is 4.90 Å². The van der Waals surface area contributed by atoms with Crippen LogP contribution in [0.2, 0.25) is 0 Å². The zero-order chi connectivity index (χ0) is 22.3. The van der Waals surface area contributed by atoms with Gasteiger partial charge in [0.05, 0.1) is 5.69 Å². The van der Waals surface area contributed by atoms with Gasteiger partial charge in [-0.3, -0.25) is 14.7 Å². The van der Waals surface area contributed by atoms with Gasteiger partial charge in [0.25, 0.3) is 5.91 Å². The van der Waals surface area contributed by atoms with E-state index in [1.165, 1.54) is 33.5 Å². The molecule has 4 nitrogen and oxygen atoms in total. The molecule has 31 heavy (non-hydrogen) atoms. The monoisotopic (exact) mass is 479 g/mol. The summed E-state index contributed by atoms with van der Waals surface area (Å²) in [5.74, 6) is 0.394. The summed E-state index contributed by atoms with van der Waals surface area (Å²) in [6.07, 6.45) is 7.59. The Hall–Kier alpha value is -2.24. The lowest BCUT2D eigenvalue weighted by Gasteiger charge is -2.34. The molecule has 0 saturated carbocycles. The van der Waals surface area contributed by atoms with Crippen molar-refractivity contribution in [3.05, 3.63) is 74.5 Å². The van der Waals surface area contributed by atoms with Gasteiger partial charge in [-0.05, 0) is 60.7 Å². The molecule has 2 aromatic rings. The van der Waals surface area contributed by atoms with Crippen molar-refractivity contribution in [2.45, 2.75) is 39.2 Å². The van der Waals surface area contributed by atoms with Crippen molar-refractivity contribution in [1.82, 2.24) is 14.8 Å². The molecule has 1 aliphatic carbocycles. The second-order valence-corrected chi connectivity index (χ2v) is 9.69. The zero-order valence-electron chi connectivity index (χ0n) is 18.9. The molecular formula is C26H30BrN3O. The lowest BCUT2D eigenvalue weighted by Crippen LogP contribution is -2.38. The van der Waals surface area contributed by atoms with Crippen LogP contribution in [0, 0.1) is 6.92 Å². The van der Waals surface area contributed by atoms with Gasteiger partial charge >= 0.3 is 0 Å². The number of carbonyl (C=O) groups excluding carboxylic acids is 1. The highest BCUT2D eigenvalue weighted by Crippen LogP contribution is 2.41. The summed E-state index contributed by atoms with van der Waals surface area (Å²) in [6.45, 7) is 8.64. The molecule has 2 aliphatic rings. The summed E-state index contributed by atoms with van der Waals surface area (Å²) in [7, 11) is 3.58. The number of carbonyl (C=O) groups is 1. The molecule has 2 atom stereocenters. The van der Waals surface area contributed by atoms with Crippen LogP contribution in [0.25, 0.3) is 11.6 Å². The molecule has 5 heteroatoms. The fraction of sp³-hybridized carbons (Fsp3) is 0.385. The average Bonchev–Trinajstić information content (AvgIpc) is 3.10. The Morgan fingerprint density at radius 3 is 2.68 bits per heavy atom. The van der Waals surface area contributed by atoms with Gasteiger partial charge in [-0.15, -0.1) is 0 Å². The molecule has 4 rings (SSSR count). The quantitative estimate of drug-likeness (QED) is 0.577. The summed E-state index contributed by atoms with van der Waals surface area (Å²) in [5, 5.41) is 0. The van der Waals surface area contributed by atoms with Crippen LogP contribution >= 0.6 is 15.9 Å². The molecule has 162 valence electrons. The van der Waals surface area contributed by atoms with E-state index in [2.05, 4.69) is 64.8 Å². The van der Waals surface area contributed by atoms with E-state index in [0.717, 1.165) is 29.5 Å². The fourth-order valence-electron chi connectivity index (χ4n) is 4.79. The Bertz CT molecular complexity index is 1090.